The molecule has 0 aliphatic rings. The second-order valence-corrected chi connectivity index (χ2v) is 5.25. The average molecular weight is 389 g/mol. The van der Waals surface area contributed by atoms with Crippen LogP contribution in [0.25, 0.3) is 0 Å². The van der Waals surface area contributed by atoms with Crippen LogP contribution in [0.15, 0.2) is 35.5 Å². The molecule has 0 saturated carbocycles. The first-order chi connectivity index (χ1) is 9.42. The van der Waals surface area contributed by atoms with Gasteiger partial charge in [-0.1, -0.05) is 6.92 Å². The summed E-state index contributed by atoms with van der Waals surface area (Å²) in [5.41, 5.74) is 0.506. The van der Waals surface area contributed by atoms with E-state index >= 15 is 0 Å². The third-order valence-electron chi connectivity index (χ3n) is 2.83. The highest BCUT2D eigenvalue weighted by Gasteiger charge is 2.24. The molecule has 1 aromatic carbocycles. The molecule has 0 atom stereocenters. The van der Waals surface area contributed by atoms with Gasteiger partial charge in [-0.3, -0.25) is 0 Å². The lowest BCUT2D eigenvalue weighted by molar-refractivity contribution is -0.140. The van der Waals surface area contributed by atoms with E-state index < -0.39 is 17.5 Å². The standard InChI is InChI=1S/C14H16INO4/c1-3-11(12(13(17)18)14(19)20)16(4-2)10-7-5-9(15)6-8-10/h5-8H,3-4H2,1-2H3,(H,17,18)(H,19,20). The zero-order chi connectivity index (χ0) is 15.3. The number of aliphatic carboxylic acids is 2. The van der Waals surface area contributed by atoms with Crippen LogP contribution in [0.2, 0.25) is 0 Å². The van der Waals surface area contributed by atoms with Crippen molar-refractivity contribution in [1.82, 2.24) is 0 Å². The Balaban J connectivity index is 3.38. The third-order valence-corrected chi connectivity index (χ3v) is 3.55. The Morgan fingerprint density at radius 3 is 1.95 bits per heavy atom. The van der Waals surface area contributed by atoms with Crippen LogP contribution in [0.5, 0.6) is 0 Å². The molecule has 0 bridgehead atoms. The second-order valence-electron chi connectivity index (χ2n) is 4.01. The van der Waals surface area contributed by atoms with Gasteiger partial charge in [0.15, 0.2) is 5.57 Å². The summed E-state index contributed by atoms with van der Waals surface area (Å²) in [6, 6.07) is 7.49. The first-order valence-corrected chi connectivity index (χ1v) is 7.23. The van der Waals surface area contributed by atoms with Crippen molar-refractivity contribution in [2.24, 2.45) is 0 Å². The summed E-state index contributed by atoms with van der Waals surface area (Å²) in [4.78, 5) is 24.1. The smallest absolute Gasteiger partial charge is 0.344 e. The molecule has 0 aliphatic carbocycles. The number of carboxylic acids is 2. The van der Waals surface area contributed by atoms with Crippen molar-refractivity contribution in [3.05, 3.63) is 39.1 Å². The zero-order valence-corrected chi connectivity index (χ0v) is 13.4. The van der Waals surface area contributed by atoms with Gasteiger partial charge in [0.25, 0.3) is 0 Å². The lowest BCUT2D eigenvalue weighted by Crippen LogP contribution is -2.27. The minimum absolute atomic E-state index is 0.300. The van der Waals surface area contributed by atoms with E-state index in [0.29, 0.717) is 18.7 Å². The van der Waals surface area contributed by atoms with Gasteiger partial charge in [-0.15, -0.1) is 0 Å². The lowest BCUT2D eigenvalue weighted by atomic mass is 10.1. The quantitative estimate of drug-likeness (QED) is 0.339. The summed E-state index contributed by atoms with van der Waals surface area (Å²) in [5, 5.41) is 18.2. The van der Waals surface area contributed by atoms with Gasteiger partial charge in [0.1, 0.15) is 0 Å². The molecule has 20 heavy (non-hydrogen) atoms. The number of rotatable bonds is 6. The fraction of sp³-hybridized carbons (Fsp3) is 0.286. The number of nitrogens with zero attached hydrogens (tertiary/aromatic N) is 1. The van der Waals surface area contributed by atoms with Crippen LogP contribution in [0.1, 0.15) is 20.3 Å². The molecule has 0 spiro atoms. The van der Waals surface area contributed by atoms with Gasteiger partial charge in [0.05, 0.1) is 0 Å². The summed E-state index contributed by atoms with van der Waals surface area (Å²) in [6.45, 7) is 4.10. The van der Waals surface area contributed by atoms with Crippen molar-refractivity contribution in [1.29, 1.82) is 0 Å². The largest absolute Gasteiger partial charge is 0.477 e. The molecule has 2 N–H and O–H groups in total. The first-order valence-electron chi connectivity index (χ1n) is 6.15. The van der Waals surface area contributed by atoms with Gasteiger partial charge in [0.2, 0.25) is 0 Å². The zero-order valence-electron chi connectivity index (χ0n) is 11.3. The molecule has 0 heterocycles. The predicted octanol–water partition coefficient (Wildman–Crippen LogP) is 2.95. The number of hydrogen-bond donors (Lipinski definition) is 2. The van der Waals surface area contributed by atoms with Gasteiger partial charge in [-0.2, -0.15) is 0 Å². The molecule has 0 amide bonds. The van der Waals surface area contributed by atoms with Crippen LogP contribution in [-0.4, -0.2) is 28.7 Å². The van der Waals surface area contributed by atoms with Gasteiger partial charge in [-0.05, 0) is 60.2 Å². The van der Waals surface area contributed by atoms with Crippen molar-refractivity contribution < 1.29 is 19.8 Å². The Bertz CT molecular complexity index is 521. The van der Waals surface area contributed by atoms with E-state index in [9.17, 15) is 9.59 Å². The summed E-state index contributed by atoms with van der Waals surface area (Å²) < 4.78 is 1.06. The summed E-state index contributed by atoms with van der Waals surface area (Å²) in [6.07, 6.45) is 0.327. The monoisotopic (exact) mass is 389 g/mol. The number of carbonyl (C=O) groups is 2. The lowest BCUT2D eigenvalue weighted by Gasteiger charge is -2.26. The van der Waals surface area contributed by atoms with E-state index in [1.54, 1.807) is 11.8 Å². The number of halogens is 1. The first kappa shape index (κ1) is 16.5. The predicted molar refractivity (Wildman–Crippen MR) is 84.8 cm³/mol. The van der Waals surface area contributed by atoms with Gasteiger partial charge >= 0.3 is 11.9 Å². The molecule has 0 radical (unpaired) electrons. The Morgan fingerprint density at radius 2 is 1.60 bits per heavy atom. The second kappa shape index (κ2) is 7.28. The number of hydrogen-bond acceptors (Lipinski definition) is 3. The van der Waals surface area contributed by atoms with Gasteiger partial charge in [-0.25, -0.2) is 9.59 Å². The molecule has 0 aliphatic heterocycles. The van der Waals surface area contributed by atoms with Crippen molar-refractivity contribution in [2.45, 2.75) is 20.3 Å². The Kier molecular flexibility index (Phi) is 6.00. The van der Waals surface area contributed by atoms with Crippen LogP contribution in [0.3, 0.4) is 0 Å². The van der Waals surface area contributed by atoms with E-state index in [1.807, 2.05) is 31.2 Å². The fourth-order valence-corrected chi connectivity index (χ4v) is 2.35. The Morgan fingerprint density at radius 1 is 1.10 bits per heavy atom. The van der Waals surface area contributed by atoms with Crippen LogP contribution in [-0.2, 0) is 9.59 Å². The van der Waals surface area contributed by atoms with Crippen molar-refractivity contribution >= 4 is 40.2 Å². The summed E-state index contributed by atoms with van der Waals surface area (Å²) in [7, 11) is 0. The molecule has 1 rings (SSSR count). The van der Waals surface area contributed by atoms with E-state index in [2.05, 4.69) is 22.6 Å². The maximum absolute atomic E-state index is 11.2. The summed E-state index contributed by atoms with van der Waals surface area (Å²) in [5.74, 6) is -2.84. The molecule has 0 aromatic heterocycles. The van der Waals surface area contributed by atoms with E-state index in [4.69, 9.17) is 10.2 Å². The van der Waals surface area contributed by atoms with E-state index in [1.165, 1.54) is 0 Å². The highest BCUT2D eigenvalue weighted by molar-refractivity contribution is 14.1. The topological polar surface area (TPSA) is 77.8 Å². The van der Waals surface area contributed by atoms with Crippen LogP contribution >= 0.6 is 22.6 Å². The van der Waals surface area contributed by atoms with E-state index in [-0.39, 0.29) is 0 Å². The van der Waals surface area contributed by atoms with Crippen LogP contribution in [0.4, 0.5) is 5.69 Å². The molecular formula is C14H16INO4. The average Bonchev–Trinajstić information content (AvgIpc) is 2.39. The van der Waals surface area contributed by atoms with E-state index in [0.717, 1.165) is 9.26 Å². The SMILES string of the molecule is CCC(=C(C(=O)O)C(=O)O)N(CC)c1ccc(I)cc1. The minimum atomic E-state index is -1.42. The molecule has 108 valence electrons. The number of carboxylic acid groups (broad SMARTS) is 2. The number of anilines is 1. The fourth-order valence-electron chi connectivity index (χ4n) is 1.99. The van der Waals surface area contributed by atoms with Crippen LogP contribution < -0.4 is 4.90 Å². The normalized spacial score (nSPS) is 9.95. The Labute approximate surface area is 131 Å². The number of allylic oxidation sites excluding steroid dienone is 1. The molecule has 1 aromatic rings. The molecule has 0 unspecified atom stereocenters. The highest BCUT2D eigenvalue weighted by atomic mass is 127. The maximum atomic E-state index is 11.2. The molecule has 0 fully saturated rings. The minimum Gasteiger partial charge on any atom is -0.477 e. The molecule has 0 saturated heterocycles. The highest BCUT2D eigenvalue weighted by Crippen LogP contribution is 2.24. The maximum Gasteiger partial charge on any atom is 0.344 e. The number of benzene rings is 1. The van der Waals surface area contributed by atoms with Crippen LogP contribution in [0, 0.1) is 3.57 Å². The molecule has 6 heteroatoms. The summed E-state index contributed by atoms with van der Waals surface area (Å²) >= 11 is 2.17. The Hall–Kier alpha value is -1.57. The van der Waals surface area contributed by atoms with Gasteiger partial charge in [0, 0.05) is 21.5 Å². The third kappa shape index (κ3) is 3.72. The molecule has 5 nitrogen and oxygen atoms in total. The van der Waals surface area contributed by atoms with Gasteiger partial charge < -0.3 is 15.1 Å². The molecular weight excluding hydrogens is 373 g/mol. The van der Waals surface area contributed by atoms with Crippen molar-refractivity contribution in [3.63, 3.8) is 0 Å². The van der Waals surface area contributed by atoms with Crippen molar-refractivity contribution in [3.8, 4) is 0 Å². The van der Waals surface area contributed by atoms with Crippen molar-refractivity contribution in [2.75, 3.05) is 11.4 Å².